The Morgan fingerprint density at radius 2 is 2.19 bits per heavy atom. The van der Waals surface area contributed by atoms with Gasteiger partial charge in [0.2, 0.25) is 5.82 Å². The van der Waals surface area contributed by atoms with E-state index in [4.69, 9.17) is 10.6 Å². The molecule has 2 rings (SSSR count). The molecule has 0 amide bonds. The Labute approximate surface area is 120 Å². The molecule has 2 heterocycles. The minimum atomic E-state index is -0.655. The molecule has 0 bridgehead atoms. The number of anilines is 1. The third kappa shape index (κ3) is 3.03. The van der Waals surface area contributed by atoms with Gasteiger partial charge in [-0.3, -0.25) is 15.1 Å². The number of ether oxygens (including phenoxy) is 1. The van der Waals surface area contributed by atoms with Gasteiger partial charge in [-0.15, -0.1) is 0 Å². The van der Waals surface area contributed by atoms with E-state index in [1.54, 1.807) is 12.1 Å². The lowest BCUT2D eigenvalue weighted by atomic mass is 10.2. The number of aryl methyl sites for hydroxylation is 2. The average molecular weight is 290 g/mol. The number of nitrogen functional groups attached to an aromatic ring is 1. The standard InChI is InChI=1S/C12H14N6O3/c1-3-8-9(5-4-7(2)16-8)21-12-10(18(19)20)11(17-13)14-6-15-12/h4-6H,3,13H2,1-2H3,(H,14,15,17). The second kappa shape index (κ2) is 6.09. The number of hydrazine groups is 1. The maximum absolute atomic E-state index is 11.1. The van der Waals surface area contributed by atoms with E-state index in [-0.39, 0.29) is 11.7 Å². The summed E-state index contributed by atoms with van der Waals surface area (Å²) in [6.45, 7) is 3.77. The van der Waals surface area contributed by atoms with Crippen LogP contribution in [-0.2, 0) is 6.42 Å². The van der Waals surface area contributed by atoms with Gasteiger partial charge in [0.1, 0.15) is 6.33 Å². The highest BCUT2D eigenvalue weighted by atomic mass is 16.6. The van der Waals surface area contributed by atoms with Crippen LogP contribution in [0.4, 0.5) is 11.5 Å². The molecule has 0 atom stereocenters. The van der Waals surface area contributed by atoms with E-state index in [9.17, 15) is 10.1 Å². The first kappa shape index (κ1) is 14.6. The van der Waals surface area contributed by atoms with Crippen molar-refractivity contribution in [2.45, 2.75) is 20.3 Å². The molecule has 110 valence electrons. The van der Waals surface area contributed by atoms with Gasteiger partial charge in [0.25, 0.3) is 0 Å². The lowest BCUT2D eigenvalue weighted by Crippen LogP contribution is -2.12. The molecule has 21 heavy (non-hydrogen) atoms. The molecule has 0 saturated carbocycles. The topological polar surface area (TPSA) is 129 Å². The fraction of sp³-hybridized carbons (Fsp3) is 0.250. The first-order valence-corrected chi connectivity index (χ1v) is 6.17. The molecule has 9 heteroatoms. The Hall–Kier alpha value is -2.81. The molecule has 2 aromatic rings. The van der Waals surface area contributed by atoms with Crippen LogP contribution in [0.2, 0.25) is 0 Å². The predicted octanol–water partition coefficient (Wildman–Crippen LogP) is 1.73. The Morgan fingerprint density at radius 3 is 2.81 bits per heavy atom. The first-order chi connectivity index (χ1) is 10.1. The predicted molar refractivity (Wildman–Crippen MR) is 74.9 cm³/mol. The molecule has 0 fully saturated rings. The molecule has 9 nitrogen and oxygen atoms in total. The first-order valence-electron chi connectivity index (χ1n) is 6.17. The summed E-state index contributed by atoms with van der Waals surface area (Å²) in [7, 11) is 0. The van der Waals surface area contributed by atoms with E-state index in [1.807, 2.05) is 13.8 Å². The molecular formula is C12H14N6O3. The van der Waals surface area contributed by atoms with Crippen LogP contribution >= 0.6 is 0 Å². The summed E-state index contributed by atoms with van der Waals surface area (Å²) in [6, 6.07) is 3.45. The van der Waals surface area contributed by atoms with Crippen molar-refractivity contribution >= 4 is 11.5 Å². The summed E-state index contributed by atoms with van der Waals surface area (Å²) in [5, 5.41) is 11.1. The van der Waals surface area contributed by atoms with Gasteiger partial charge in [-0.1, -0.05) is 6.92 Å². The number of nitro groups is 1. The molecule has 0 aliphatic heterocycles. The maximum Gasteiger partial charge on any atom is 0.374 e. The van der Waals surface area contributed by atoms with Crippen LogP contribution in [0.1, 0.15) is 18.3 Å². The van der Waals surface area contributed by atoms with Gasteiger partial charge >= 0.3 is 11.6 Å². The van der Waals surface area contributed by atoms with Crippen molar-refractivity contribution in [1.29, 1.82) is 0 Å². The minimum absolute atomic E-state index is 0.122. The van der Waals surface area contributed by atoms with Crippen LogP contribution in [0.25, 0.3) is 0 Å². The van der Waals surface area contributed by atoms with Gasteiger partial charge in [-0.05, 0) is 25.5 Å². The molecule has 0 aromatic carbocycles. The second-order valence-corrected chi connectivity index (χ2v) is 4.13. The van der Waals surface area contributed by atoms with Crippen molar-refractivity contribution in [3.63, 3.8) is 0 Å². The quantitative estimate of drug-likeness (QED) is 0.483. The van der Waals surface area contributed by atoms with Crippen molar-refractivity contribution in [1.82, 2.24) is 15.0 Å². The average Bonchev–Trinajstić information content (AvgIpc) is 2.48. The zero-order chi connectivity index (χ0) is 15.4. The van der Waals surface area contributed by atoms with Gasteiger partial charge in [0.05, 0.1) is 10.6 Å². The fourth-order valence-electron chi connectivity index (χ4n) is 1.76. The molecule has 3 N–H and O–H groups in total. The SMILES string of the molecule is CCc1nc(C)ccc1Oc1ncnc(NN)c1[N+](=O)[O-]. The van der Waals surface area contributed by atoms with Crippen LogP contribution in [0.3, 0.4) is 0 Å². The highest BCUT2D eigenvalue weighted by Crippen LogP contribution is 2.34. The molecule has 0 aliphatic rings. The van der Waals surface area contributed by atoms with Crippen LogP contribution < -0.4 is 16.0 Å². The van der Waals surface area contributed by atoms with Crippen LogP contribution in [0, 0.1) is 17.0 Å². The number of nitrogens with one attached hydrogen (secondary N) is 1. The number of hydrogen-bond donors (Lipinski definition) is 2. The summed E-state index contributed by atoms with van der Waals surface area (Å²) < 4.78 is 5.54. The van der Waals surface area contributed by atoms with Crippen LogP contribution in [0.5, 0.6) is 11.6 Å². The zero-order valence-corrected chi connectivity index (χ0v) is 11.5. The monoisotopic (exact) mass is 290 g/mol. The van der Waals surface area contributed by atoms with Crippen LogP contribution in [0.15, 0.2) is 18.5 Å². The summed E-state index contributed by atoms with van der Waals surface area (Å²) in [5.74, 6) is 5.31. The Balaban J connectivity index is 2.47. The van der Waals surface area contributed by atoms with E-state index in [0.29, 0.717) is 17.9 Å². The molecule has 0 spiro atoms. The van der Waals surface area contributed by atoms with Crippen molar-refractivity contribution in [2.24, 2.45) is 5.84 Å². The van der Waals surface area contributed by atoms with Crippen molar-refractivity contribution in [2.75, 3.05) is 5.43 Å². The summed E-state index contributed by atoms with van der Waals surface area (Å²) in [6.07, 6.45) is 1.75. The Kier molecular flexibility index (Phi) is 4.24. The zero-order valence-electron chi connectivity index (χ0n) is 11.5. The van der Waals surface area contributed by atoms with E-state index >= 15 is 0 Å². The highest BCUT2D eigenvalue weighted by molar-refractivity contribution is 5.61. The number of pyridine rings is 1. The molecule has 0 radical (unpaired) electrons. The van der Waals surface area contributed by atoms with E-state index in [2.05, 4.69) is 20.4 Å². The van der Waals surface area contributed by atoms with Gasteiger partial charge in [-0.2, -0.15) is 4.98 Å². The lowest BCUT2D eigenvalue weighted by molar-refractivity contribution is -0.385. The summed E-state index contributed by atoms with van der Waals surface area (Å²) in [4.78, 5) is 22.3. The number of nitrogens with two attached hydrogens (primary N) is 1. The third-order valence-electron chi connectivity index (χ3n) is 2.72. The lowest BCUT2D eigenvalue weighted by Gasteiger charge is -2.10. The molecular weight excluding hydrogens is 276 g/mol. The Bertz CT molecular complexity index is 676. The van der Waals surface area contributed by atoms with Gasteiger partial charge in [0.15, 0.2) is 5.75 Å². The molecule has 0 aliphatic carbocycles. The van der Waals surface area contributed by atoms with Crippen molar-refractivity contribution in [3.05, 3.63) is 40.0 Å². The van der Waals surface area contributed by atoms with Gasteiger partial charge < -0.3 is 10.2 Å². The second-order valence-electron chi connectivity index (χ2n) is 4.13. The minimum Gasteiger partial charge on any atom is -0.432 e. The Morgan fingerprint density at radius 1 is 1.43 bits per heavy atom. The normalized spacial score (nSPS) is 10.2. The molecule has 0 saturated heterocycles. The third-order valence-corrected chi connectivity index (χ3v) is 2.72. The summed E-state index contributed by atoms with van der Waals surface area (Å²) >= 11 is 0. The van der Waals surface area contributed by atoms with E-state index < -0.39 is 10.6 Å². The fourth-order valence-corrected chi connectivity index (χ4v) is 1.76. The summed E-state index contributed by atoms with van der Waals surface area (Å²) in [5.41, 5.74) is 3.24. The largest absolute Gasteiger partial charge is 0.432 e. The van der Waals surface area contributed by atoms with Crippen molar-refractivity contribution in [3.8, 4) is 11.6 Å². The number of nitrogens with zero attached hydrogens (tertiary/aromatic N) is 4. The van der Waals surface area contributed by atoms with Crippen molar-refractivity contribution < 1.29 is 9.66 Å². The highest BCUT2D eigenvalue weighted by Gasteiger charge is 2.25. The van der Waals surface area contributed by atoms with Gasteiger partial charge in [0, 0.05) is 5.69 Å². The smallest absolute Gasteiger partial charge is 0.374 e. The van der Waals surface area contributed by atoms with Crippen LogP contribution in [-0.4, -0.2) is 19.9 Å². The number of rotatable bonds is 5. The maximum atomic E-state index is 11.1. The number of hydrogen-bond acceptors (Lipinski definition) is 8. The molecule has 2 aromatic heterocycles. The number of aromatic nitrogens is 3. The molecule has 0 unspecified atom stereocenters. The van der Waals surface area contributed by atoms with Gasteiger partial charge in [-0.25, -0.2) is 10.8 Å². The van der Waals surface area contributed by atoms with E-state index in [1.165, 1.54) is 0 Å². The van der Waals surface area contributed by atoms with E-state index in [0.717, 1.165) is 12.0 Å².